The van der Waals surface area contributed by atoms with Gasteiger partial charge in [-0.25, -0.2) is 0 Å². The van der Waals surface area contributed by atoms with Crippen molar-refractivity contribution in [3.8, 4) is 12.3 Å². The summed E-state index contributed by atoms with van der Waals surface area (Å²) < 4.78 is 0. The smallest absolute Gasteiger partial charge is 0.224 e. The Morgan fingerprint density at radius 2 is 2.12 bits per heavy atom. The molecule has 1 unspecified atom stereocenters. The van der Waals surface area contributed by atoms with E-state index in [9.17, 15) is 4.79 Å². The highest BCUT2D eigenvalue weighted by atomic mass is 16.2. The normalized spacial score (nSPS) is 27.2. The number of hydrogen-bond donors (Lipinski definition) is 2. The summed E-state index contributed by atoms with van der Waals surface area (Å²) in [7, 11) is 0. The minimum atomic E-state index is -0.520. The van der Waals surface area contributed by atoms with E-state index in [2.05, 4.69) is 16.6 Å². The van der Waals surface area contributed by atoms with E-state index in [0.29, 0.717) is 5.41 Å². The van der Waals surface area contributed by atoms with Crippen LogP contribution in [0.3, 0.4) is 0 Å². The zero-order chi connectivity index (χ0) is 11.8. The summed E-state index contributed by atoms with van der Waals surface area (Å²) in [5.74, 6) is 2.94. The van der Waals surface area contributed by atoms with Crippen molar-refractivity contribution >= 4 is 5.91 Å². The summed E-state index contributed by atoms with van der Waals surface area (Å²) in [6.45, 7) is 5.81. The molecule has 0 radical (unpaired) electrons. The Balaban J connectivity index is 1.92. The predicted octanol–water partition coefficient (Wildman–Crippen LogP) is 0.904. The molecule has 1 saturated heterocycles. The summed E-state index contributed by atoms with van der Waals surface area (Å²) in [6.07, 6.45) is 8.67. The molecule has 1 saturated carbocycles. The summed E-state index contributed by atoms with van der Waals surface area (Å²) in [4.78, 5) is 12.0. The van der Waals surface area contributed by atoms with Crippen LogP contribution in [0.2, 0.25) is 0 Å². The molecule has 1 aliphatic carbocycles. The quantitative estimate of drug-likeness (QED) is 0.679. The van der Waals surface area contributed by atoms with Gasteiger partial charge in [0, 0.05) is 5.92 Å². The van der Waals surface area contributed by atoms with E-state index < -0.39 is 5.54 Å². The summed E-state index contributed by atoms with van der Waals surface area (Å²) >= 11 is 0. The number of nitrogens with one attached hydrogen (secondary N) is 2. The molecule has 3 nitrogen and oxygen atoms in total. The van der Waals surface area contributed by atoms with Crippen molar-refractivity contribution in [2.24, 2.45) is 11.3 Å². The molecule has 2 rings (SSSR count). The van der Waals surface area contributed by atoms with Gasteiger partial charge in [0.15, 0.2) is 0 Å². The van der Waals surface area contributed by atoms with Crippen LogP contribution in [0.4, 0.5) is 0 Å². The average Bonchev–Trinajstić information content (AvgIpc) is 2.93. The van der Waals surface area contributed by atoms with Crippen molar-refractivity contribution in [2.75, 3.05) is 13.1 Å². The Morgan fingerprint density at radius 1 is 1.50 bits per heavy atom. The summed E-state index contributed by atoms with van der Waals surface area (Å²) in [6, 6.07) is 0. The molecule has 1 aliphatic heterocycles. The molecule has 0 aromatic heterocycles. The van der Waals surface area contributed by atoms with Crippen molar-refractivity contribution in [3.63, 3.8) is 0 Å². The minimum absolute atomic E-state index is 0.143. The molecule has 16 heavy (non-hydrogen) atoms. The van der Waals surface area contributed by atoms with Gasteiger partial charge < -0.3 is 10.6 Å². The van der Waals surface area contributed by atoms with Crippen LogP contribution in [0, 0.1) is 23.7 Å². The largest absolute Gasteiger partial charge is 0.340 e. The lowest BCUT2D eigenvalue weighted by atomic mass is 9.91. The molecule has 1 spiro atoms. The highest BCUT2D eigenvalue weighted by molar-refractivity contribution is 5.83. The van der Waals surface area contributed by atoms with Crippen molar-refractivity contribution in [3.05, 3.63) is 0 Å². The topological polar surface area (TPSA) is 41.1 Å². The standard InChI is InChI=1S/C13H20N2O/c1-4-12(2,3)15-11(16)10-9-13(10)5-7-14-8-6-13/h1,10,14H,5-9H2,2-3H3,(H,15,16). The second kappa shape index (κ2) is 3.78. The number of carbonyl (C=O) groups is 1. The molecule has 0 aromatic carbocycles. The van der Waals surface area contributed by atoms with Gasteiger partial charge in [0.1, 0.15) is 0 Å². The Bertz CT molecular complexity index is 334. The third kappa shape index (κ3) is 2.08. The summed E-state index contributed by atoms with van der Waals surface area (Å²) in [5.41, 5.74) is -0.228. The van der Waals surface area contributed by atoms with Crippen LogP contribution in [0.5, 0.6) is 0 Å². The third-order valence-electron chi connectivity index (χ3n) is 3.90. The molecule has 3 heteroatoms. The maximum absolute atomic E-state index is 12.0. The van der Waals surface area contributed by atoms with Gasteiger partial charge in [0.05, 0.1) is 5.54 Å². The van der Waals surface area contributed by atoms with Crippen molar-refractivity contribution in [1.82, 2.24) is 10.6 Å². The van der Waals surface area contributed by atoms with Crippen LogP contribution in [0.1, 0.15) is 33.1 Å². The Labute approximate surface area is 97.4 Å². The molecule has 2 aliphatic rings. The van der Waals surface area contributed by atoms with E-state index in [1.165, 1.54) is 0 Å². The number of terminal acetylenes is 1. The van der Waals surface area contributed by atoms with E-state index in [4.69, 9.17) is 6.42 Å². The number of rotatable bonds is 2. The number of amides is 1. The Hall–Kier alpha value is -1.01. The van der Waals surface area contributed by atoms with Gasteiger partial charge in [-0.2, -0.15) is 0 Å². The van der Waals surface area contributed by atoms with Crippen LogP contribution < -0.4 is 10.6 Å². The first kappa shape index (κ1) is 11.5. The van der Waals surface area contributed by atoms with Gasteiger partial charge in [0.25, 0.3) is 0 Å². The SMILES string of the molecule is C#CC(C)(C)NC(=O)C1CC12CCNCC2. The highest BCUT2D eigenvalue weighted by Gasteiger charge is 2.57. The molecular weight excluding hydrogens is 200 g/mol. The molecule has 0 bridgehead atoms. The average molecular weight is 220 g/mol. The molecule has 2 fully saturated rings. The lowest BCUT2D eigenvalue weighted by Gasteiger charge is -2.25. The van der Waals surface area contributed by atoms with Gasteiger partial charge in [-0.05, 0) is 51.6 Å². The summed E-state index contributed by atoms with van der Waals surface area (Å²) in [5, 5.41) is 6.28. The van der Waals surface area contributed by atoms with Crippen molar-refractivity contribution < 1.29 is 4.79 Å². The van der Waals surface area contributed by atoms with Crippen LogP contribution in [-0.4, -0.2) is 24.5 Å². The van der Waals surface area contributed by atoms with Gasteiger partial charge >= 0.3 is 0 Å². The Morgan fingerprint density at radius 3 is 2.69 bits per heavy atom. The van der Waals surface area contributed by atoms with E-state index >= 15 is 0 Å². The molecular formula is C13H20N2O. The molecule has 1 atom stereocenters. The second-order valence-corrected chi connectivity index (χ2v) is 5.63. The van der Waals surface area contributed by atoms with E-state index in [-0.39, 0.29) is 11.8 Å². The maximum atomic E-state index is 12.0. The third-order valence-corrected chi connectivity index (χ3v) is 3.90. The maximum Gasteiger partial charge on any atom is 0.224 e. The van der Waals surface area contributed by atoms with Gasteiger partial charge in [-0.3, -0.25) is 4.79 Å². The van der Waals surface area contributed by atoms with Crippen molar-refractivity contribution in [2.45, 2.75) is 38.6 Å². The molecule has 1 heterocycles. The van der Waals surface area contributed by atoms with Gasteiger partial charge in [-0.1, -0.05) is 5.92 Å². The number of carbonyl (C=O) groups excluding carboxylic acids is 1. The monoisotopic (exact) mass is 220 g/mol. The molecule has 88 valence electrons. The fourth-order valence-electron chi connectivity index (χ4n) is 2.63. The van der Waals surface area contributed by atoms with Gasteiger partial charge in [0.2, 0.25) is 5.91 Å². The van der Waals surface area contributed by atoms with Crippen molar-refractivity contribution in [1.29, 1.82) is 0 Å². The van der Waals surface area contributed by atoms with Crippen LogP contribution in [0.25, 0.3) is 0 Å². The van der Waals surface area contributed by atoms with E-state index in [1.807, 2.05) is 13.8 Å². The number of hydrogen-bond acceptors (Lipinski definition) is 2. The molecule has 1 amide bonds. The zero-order valence-corrected chi connectivity index (χ0v) is 10.1. The minimum Gasteiger partial charge on any atom is -0.340 e. The fourth-order valence-corrected chi connectivity index (χ4v) is 2.63. The molecule has 0 aromatic rings. The van der Waals surface area contributed by atoms with E-state index in [0.717, 1.165) is 32.4 Å². The van der Waals surface area contributed by atoms with Crippen LogP contribution >= 0.6 is 0 Å². The number of piperidine rings is 1. The van der Waals surface area contributed by atoms with Crippen LogP contribution in [-0.2, 0) is 4.79 Å². The highest BCUT2D eigenvalue weighted by Crippen LogP contribution is 2.58. The molecule has 2 N–H and O–H groups in total. The first-order chi connectivity index (χ1) is 7.49. The first-order valence-corrected chi connectivity index (χ1v) is 6.00. The fraction of sp³-hybridized carbons (Fsp3) is 0.769. The zero-order valence-electron chi connectivity index (χ0n) is 10.1. The lowest BCUT2D eigenvalue weighted by Crippen LogP contribution is -2.44. The second-order valence-electron chi connectivity index (χ2n) is 5.63. The van der Waals surface area contributed by atoms with E-state index in [1.54, 1.807) is 0 Å². The lowest BCUT2D eigenvalue weighted by molar-refractivity contribution is -0.124. The predicted molar refractivity (Wildman–Crippen MR) is 63.7 cm³/mol. The first-order valence-electron chi connectivity index (χ1n) is 6.00. The van der Waals surface area contributed by atoms with Crippen LogP contribution in [0.15, 0.2) is 0 Å². The Kier molecular flexibility index (Phi) is 2.71. The van der Waals surface area contributed by atoms with Gasteiger partial charge in [-0.15, -0.1) is 6.42 Å².